The fraction of sp³-hybridized carbons (Fsp3) is 0.357. The summed E-state index contributed by atoms with van der Waals surface area (Å²) in [4.78, 5) is 0. The fourth-order valence-corrected chi connectivity index (χ4v) is 2.00. The van der Waals surface area contributed by atoms with E-state index in [4.69, 9.17) is 10.3 Å². The Morgan fingerprint density at radius 3 is 2.78 bits per heavy atom. The SMILES string of the molecule is CCCCCc1noc(N)c1-c1ccccc1F. The number of rotatable bonds is 5. The molecule has 2 N–H and O–H groups in total. The molecular formula is C14H17FN2O. The number of benzene rings is 1. The smallest absolute Gasteiger partial charge is 0.230 e. The van der Waals surface area contributed by atoms with Crippen molar-refractivity contribution in [2.24, 2.45) is 0 Å². The first-order valence-corrected chi connectivity index (χ1v) is 6.23. The zero-order valence-corrected chi connectivity index (χ0v) is 10.4. The highest BCUT2D eigenvalue weighted by Crippen LogP contribution is 2.32. The molecule has 0 bridgehead atoms. The van der Waals surface area contributed by atoms with Gasteiger partial charge in [-0.15, -0.1) is 0 Å². The lowest BCUT2D eigenvalue weighted by molar-refractivity contribution is 0.426. The van der Waals surface area contributed by atoms with E-state index in [0.29, 0.717) is 11.1 Å². The Bertz CT molecular complexity index is 522. The van der Waals surface area contributed by atoms with Crippen molar-refractivity contribution >= 4 is 5.88 Å². The highest BCUT2D eigenvalue weighted by molar-refractivity contribution is 5.75. The van der Waals surface area contributed by atoms with Gasteiger partial charge in [0.05, 0.1) is 11.3 Å². The molecule has 4 heteroatoms. The molecule has 0 fully saturated rings. The van der Waals surface area contributed by atoms with Gasteiger partial charge in [0.25, 0.3) is 0 Å². The predicted octanol–water partition coefficient (Wildman–Crippen LogP) is 3.80. The number of aromatic nitrogens is 1. The second-order valence-electron chi connectivity index (χ2n) is 4.31. The summed E-state index contributed by atoms with van der Waals surface area (Å²) in [6.45, 7) is 2.13. The van der Waals surface area contributed by atoms with Crippen molar-refractivity contribution in [1.82, 2.24) is 5.16 Å². The zero-order valence-electron chi connectivity index (χ0n) is 10.4. The summed E-state index contributed by atoms with van der Waals surface area (Å²) in [7, 11) is 0. The first-order chi connectivity index (χ1) is 8.74. The van der Waals surface area contributed by atoms with Crippen molar-refractivity contribution < 1.29 is 8.91 Å². The Hall–Kier alpha value is -1.84. The molecule has 0 unspecified atom stereocenters. The molecule has 1 aromatic carbocycles. The van der Waals surface area contributed by atoms with Crippen LogP contribution < -0.4 is 5.73 Å². The Morgan fingerprint density at radius 2 is 2.06 bits per heavy atom. The Balaban J connectivity index is 2.32. The van der Waals surface area contributed by atoms with E-state index in [9.17, 15) is 4.39 Å². The van der Waals surface area contributed by atoms with Gasteiger partial charge in [-0.25, -0.2) is 4.39 Å². The predicted molar refractivity (Wildman–Crippen MR) is 69.5 cm³/mol. The van der Waals surface area contributed by atoms with E-state index in [1.807, 2.05) is 0 Å². The van der Waals surface area contributed by atoms with Crippen LogP contribution in [-0.4, -0.2) is 5.16 Å². The lowest BCUT2D eigenvalue weighted by atomic mass is 10.0. The number of anilines is 1. The maximum atomic E-state index is 13.8. The molecule has 18 heavy (non-hydrogen) atoms. The van der Waals surface area contributed by atoms with Gasteiger partial charge >= 0.3 is 0 Å². The second kappa shape index (κ2) is 5.67. The second-order valence-corrected chi connectivity index (χ2v) is 4.31. The minimum absolute atomic E-state index is 0.187. The molecule has 0 spiro atoms. The minimum Gasteiger partial charge on any atom is -0.367 e. The highest BCUT2D eigenvalue weighted by atomic mass is 19.1. The fourth-order valence-electron chi connectivity index (χ4n) is 2.00. The summed E-state index contributed by atoms with van der Waals surface area (Å²) in [6, 6.07) is 6.54. The van der Waals surface area contributed by atoms with Gasteiger partial charge in [-0.05, 0) is 18.9 Å². The molecule has 0 saturated heterocycles. The summed E-state index contributed by atoms with van der Waals surface area (Å²) in [6.07, 6.45) is 4.01. The molecule has 0 aliphatic rings. The van der Waals surface area contributed by atoms with Crippen LogP contribution >= 0.6 is 0 Å². The van der Waals surface area contributed by atoms with Crippen LogP contribution in [-0.2, 0) is 6.42 Å². The van der Waals surface area contributed by atoms with Crippen LogP contribution in [0.25, 0.3) is 11.1 Å². The molecule has 0 atom stereocenters. The van der Waals surface area contributed by atoms with Gasteiger partial charge in [0, 0.05) is 5.56 Å². The van der Waals surface area contributed by atoms with Crippen molar-refractivity contribution in [2.45, 2.75) is 32.6 Å². The number of aryl methyl sites for hydroxylation is 1. The van der Waals surface area contributed by atoms with Crippen LogP contribution in [0.2, 0.25) is 0 Å². The van der Waals surface area contributed by atoms with E-state index < -0.39 is 0 Å². The molecule has 0 aliphatic heterocycles. The molecule has 0 saturated carbocycles. The summed E-state index contributed by atoms with van der Waals surface area (Å²) in [5.41, 5.74) is 7.55. The number of halogens is 1. The van der Waals surface area contributed by atoms with E-state index >= 15 is 0 Å². The maximum Gasteiger partial charge on any atom is 0.230 e. The van der Waals surface area contributed by atoms with Crippen molar-refractivity contribution in [3.8, 4) is 11.1 Å². The third-order valence-corrected chi connectivity index (χ3v) is 2.95. The Morgan fingerprint density at radius 1 is 1.28 bits per heavy atom. The number of nitrogens with two attached hydrogens (primary N) is 1. The summed E-state index contributed by atoms with van der Waals surface area (Å²) in [5.74, 6) is -0.115. The summed E-state index contributed by atoms with van der Waals surface area (Å²) in [5, 5.41) is 3.94. The summed E-state index contributed by atoms with van der Waals surface area (Å²) >= 11 is 0. The van der Waals surface area contributed by atoms with Gasteiger partial charge < -0.3 is 10.3 Å². The van der Waals surface area contributed by atoms with Gasteiger partial charge in [-0.2, -0.15) is 0 Å². The lowest BCUT2D eigenvalue weighted by Gasteiger charge is -2.03. The largest absolute Gasteiger partial charge is 0.367 e. The van der Waals surface area contributed by atoms with Gasteiger partial charge in [0.15, 0.2) is 0 Å². The molecular weight excluding hydrogens is 231 g/mol. The normalized spacial score (nSPS) is 10.8. The van der Waals surface area contributed by atoms with Gasteiger partial charge in [0.1, 0.15) is 5.82 Å². The van der Waals surface area contributed by atoms with Crippen LogP contribution in [0.4, 0.5) is 10.3 Å². The molecule has 1 aromatic heterocycles. The van der Waals surface area contributed by atoms with Crippen LogP contribution in [0, 0.1) is 5.82 Å². The third kappa shape index (κ3) is 2.53. The number of nitrogen functional groups attached to an aromatic ring is 1. The number of unbranched alkanes of at least 4 members (excludes halogenated alkanes) is 2. The van der Waals surface area contributed by atoms with E-state index in [1.54, 1.807) is 18.2 Å². The van der Waals surface area contributed by atoms with Crippen molar-refractivity contribution in [3.63, 3.8) is 0 Å². The van der Waals surface area contributed by atoms with Crippen LogP contribution in [0.3, 0.4) is 0 Å². The Labute approximate surface area is 106 Å². The summed E-state index contributed by atoms with van der Waals surface area (Å²) < 4.78 is 18.8. The van der Waals surface area contributed by atoms with Gasteiger partial charge in [0.2, 0.25) is 5.88 Å². The number of hydrogen-bond acceptors (Lipinski definition) is 3. The van der Waals surface area contributed by atoms with Crippen molar-refractivity contribution in [3.05, 3.63) is 35.8 Å². The molecule has 3 nitrogen and oxygen atoms in total. The number of nitrogens with zero attached hydrogens (tertiary/aromatic N) is 1. The third-order valence-electron chi connectivity index (χ3n) is 2.95. The molecule has 0 radical (unpaired) electrons. The molecule has 96 valence electrons. The van der Waals surface area contributed by atoms with Gasteiger partial charge in [-0.1, -0.05) is 43.1 Å². The minimum atomic E-state index is -0.302. The first kappa shape index (κ1) is 12.6. The molecule has 0 amide bonds. The van der Waals surface area contributed by atoms with Crippen molar-refractivity contribution in [2.75, 3.05) is 5.73 Å². The van der Waals surface area contributed by atoms with Crippen LogP contribution in [0.15, 0.2) is 28.8 Å². The average Bonchev–Trinajstić information content (AvgIpc) is 2.72. The standard InChI is InChI=1S/C14H17FN2O/c1-2-3-4-9-12-13(14(16)18-17-12)10-7-5-6-8-11(10)15/h5-8H,2-4,9,16H2,1H3. The zero-order chi connectivity index (χ0) is 13.0. The molecule has 2 aromatic rings. The monoisotopic (exact) mass is 248 g/mol. The molecule has 2 rings (SSSR count). The molecule has 0 aliphatic carbocycles. The molecule has 1 heterocycles. The maximum absolute atomic E-state index is 13.8. The topological polar surface area (TPSA) is 52.0 Å². The highest BCUT2D eigenvalue weighted by Gasteiger charge is 2.17. The lowest BCUT2D eigenvalue weighted by Crippen LogP contribution is -1.93. The van der Waals surface area contributed by atoms with Gasteiger partial charge in [-0.3, -0.25) is 0 Å². The van der Waals surface area contributed by atoms with Crippen LogP contribution in [0.1, 0.15) is 31.9 Å². The van der Waals surface area contributed by atoms with E-state index in [2.05, 4.69) is 12.1 Å². The quantitative estimate of drug-likeness (QED) is 0.819. The van der Waals surface area contributed by atoms with E-state index in [0.717, 1.165) is 31.4 Å². The van der Waals surface area contributed by atoms with Crippen LogP contribution in [0.5, 0.6) is 0 Å². The average molecular weight is 248 g/mol. The van der Waals surface area contributed by atoms with E-state index in [1.165, 1.54) is 6.07 Å². The van der Waals surface area contributed by atoms with Crippen molar-refractivity contribution in [1.29, 1.82) is 0 Å². The number of hydrogen-bond donors (Lipinski definition) is 1. The van der Waals surface area contributed by atoms with E-state index in [-0.39, 0.29) is 11.7 Å². The first-order valence-electron chi connectivity index (χ1n) is 6.23. The Kier molecular flexibility index (Phi) is 3.97.